The van der Waals surface area contributed by atoms with Crippen molar-refractivity contribution in [1.29, 1.82) is 0 Å². The lowest BCUT2D eigenvalue weighted by atomic mass is 9.95. The number of tetrazole rings is 1. The highest BCUT2D eigenvalue weighted by atomic mass is 35.5. The molecular weight excluding hydrogens is 322 g/mol. The Balaban J connectivity index is 1.71. The van der Waals surface area contributed by atoms with E-state index in [1.165, 1.54) is 63.6 Å². The van der Waals surface area contributed by atoms with E-state index in [1.807, 2.05) is 12.1 Å². The summed E-state index contributed by atoms with van der Waals surface area (Å²) in [5.41, 5.74) is 1.27. The van der Waals surface area contributed by atoms with E-state index in [0.29, 0.717) is 6.04 Å². The fraction of sp³-hybridized carbons (Fsp3) is 0.611. The van der Waals surface area contributed by atoms with E-state index in [0.717, 1.165) is 10.8 Å². The molecule has 1 aliphatic carbocycles. The topological polar surface area (TPSA) is 48.0 Å². The van der Waals surface area contributed by atoms with E-state index in [9.17, 15) is 0 Å². The highest BCUT2D eigenvalue weighted by molar-refractivity contribution is 6.30. The maximum Gasteiger partial charge on any atom is 0.214 e. The molecule has 2 fully saturated rings. The lowest BCUT2D eigenvalue weighted by Crippen LogP contribution is -3.10. The number of benzene rings is 1. The van der Waals surface area contributed by atoms with Gasteiger partial charge in [-0.2, -0.15) is 0 Å². The van der Waals surface area contributed by atoms with Crippen molar-refractivity contribution in [3.8, 4) is 0 Å². The van der Waals surface area contributed by atoms with Crippen molar-refractivity contribution < 1.29 is 4.90 Å². The Kier molecular flexibility index (Phi) is 4.81. The minimum absolute atomic E-state index is 0.210. The summed E-state index contributed by atoms with van der Waals surface area (Å²) in [5.74, 6) is 1.03. The largest absolute Gasteiger partial charge is 0.322 e. The molecule has 1 aliphatic heterocycles. The van der Waals surface area contributed by atoms with Gasteiger partial charge in [0.2, 0.25) is 5.82 Å². The molecule has 4 rings (SSSR count). The van der Waals surface area contributed by atoms with Gasteiger partial charge in [0.15, 0.2) is 6.04 Å². The fourth-order valence-corrected chi connectivity index (χ4v) is 4.44. The molecule has 0 bridgehead atoms. The number of rotatable bonds is 4. The number of hydrogen-bond acceptors (Lipinski definition) is 3. The summed E-state index contributed by atoms with van der Waals surface area (Å²) in [4.78, 5) is 1.57. The Morgan fingerprint density at radius 3 is 2.42 bits per heavy atom. The van der Waals surface area contributed by atoms with E-state index >= 15 is 0 Å². The molecule has 1 N–H and O–H groups in total. The lowest BCUT2D eigenvalue weighted by molar-refractivity contribution is -0.914. The highest BCUT2D eigenvalue weighted by Crippen LogP contribution is 2.30. The second-order valence-electron chi connectivity index (χ2n) is 7.12. The Bertz CT molecular complexity index is 656. The van der Waals surface area contributed by atoms with Gasteiger partial charge >= 0.3 is 0 Å². The molecule has 0 radical (unpaired) electrons. The van der Waals surface area contributed by atoms with Crippen LogP contribution in [0.2, 0.25) is 5.02 Å². The minimum Gasteiger partial charge on any atom is -0.322 e. The van der Waals surface area contributed by atoms with Gasteiger partial charge in [-0.25, -0.2) is 4.68 Å². The average molecular weight is 347 g/mol. The molecule has 0 unspecified atom stereocenters. The van der Waals surface area contributed by atoms with Crippen LogP contribution in [0, 0.1) is 0 Å². The summed E-state index contributed by atoms with van der Waals surface area (Å²) in [6, 6.07) is 8.90. The van der Waals surface area contributed by atoms with E-state index in [4.69, 9.17) is 11.6 Å². The summed E-state index contributed by atoms with van der Waals surface area (Å²) < 4.78 is 2.13. The van der Waals surface area contributed by atoms with E-state index in [2.05, 4.69) is 32.3 Å². The van der Waals surface area contributed by atoms with Crippen molar-refractivity contribution in [1.82, 2.24) is 20.2 Å². The quantitative estimate of drug-likeness (QED) is 0.925. The van der Waals surface area contributed by atoms with Crippen molar-refractivity contribution in [2.75, 3.05) is 13.1 Å². The van der Waals surface area contributed by atoms with Crippen LogP contribution >= 0.6 is 11.6 Å². The molecule has 2 aliphatic rings. The van der Waals surface area contributed by atoms with Crippen molar-refractivity contribution >= 4 is 11.6 Å². The van der Waals surface area contributed by atoms with Gasteiger partial charge in [-0.15, -0.1) is 5.10 Å². The third kappa shape index (κ3) is 3.20. The maximum absolute atomic E-state index is 6.10. The maximum atomic E-state index is 6.10. The number of hydrogen-bond donors (Lipinski definition) is 1. The Morgan fingerprint density at radius 1 is 1.00 bits per heavy atom. The third-order valence-electron chi connectivity index (χ3n) is 5.55. The van der Waals surface area contributed by atoms with Crippen LogP contribution in [0.5, 0.6) is 0 Å². The molecule has 1 aromatic heterocycles. The minimum atomic E-state index is 0.210. The van der Waals surface area contributed by atoms with Gasteiger partial charge in [0.1, 0.15) is 0 Å². The molecule has 0 amide bonds. The van der Waals surface area contributed by atoms with Gasteiger partial charge in [-0.05, 0) is 35.4 Å². The zero-order valence-corrected chi connectivity index (χ0v) is 14.8. The fourth-order valence-electron chi connectivity index (χ4n) is 4.32. The molecule has 1 saturated carbocycles. The van der Waals surface area contributed by atoms with Gasteiger partial charge < -0.3 is 4.90 Å². The number of aromatic nitrogens is 4. The number of halogens is 1. The molecule has 1 aromatic carbocycles. The zero-order chi connectivity index (χ0) is 16.4. The van der Waals surface area contributed by atoms with Crippen LogP contribution in [-0.2, 0) is 0 Å². The van der Waals surface area contributed by atoms with Crippen LogP contribution in [0.3, 0.4) is 0 Å². The standard InChI is InChI=1S/C18H24ClN5/c19-15-10-8-14(9-11-15)17(23-12-4-5-13-23)18-20-21-22-24(18)16-6-2-1-3-7-16/h8-11,16-17H,1-7,12-13H2/p+1/t17-/m1/s1. The molecule has 1 saturated heterocycles. The van der Waals surface area contributed by atoms with Crippen LogP contribution in [0.4, 0.5) is 0 Å². The monoisotopic (exact) mass is 346 g/mol. The van der Waals surface area contributed by atoms with Crippen LogP contribution in [0.25, 0.3) is 0 Å². The van der Waals surface area contributed by atoms with Crippen LogP contribution in [0.1, 0.15) is 68.4 Å². The molecule has 128 valence electrons. The Morgan fingerprint density at radius 2 is 1.71 bits per heavy atom. The molecule has 0 spiro atoms. The number of nitrogens with zero attached hydrogens (tertiary/aromatic N) is 4. The van der Waals surface area contributed by atoms with Gasteiger partial charge in [-0.3, -0.25) is 0 Å². The first-order chi connectivity index (χ1) is 11.8. The Labute approximate surface area is 148 Å². The van der Waals surface area contributed by atoms with E-state index in [-0.39, 0.29) is 6.04 Å². The molecule has 6 heteroatoms. The number of nitrogens with one attached hydrogen (secondary N) is 1. The third-order valence-corrected chi connectivity index (χ3v) is 5.81. The normalized spacial score (nSPS) is 21.2. The van der Waals surface area contributed by atoms with Gasteiger partial charge in [-0.1, -0.05) is 43.0 Å². The van der Waals surface area contributed by atoms with Gasteiger partial charge in [0, 0.05) is 23.4 Å². The SMILES string of the molecule is Clc1ccc([C@H](c2nnnn2C2CCCCC2)[NH+]2CCCC2)cc1. The second kappa shape index (κ2) is 7.19. The highest BCUT2D eigenvalue weighted by Gasteiger charge is 2.35. The van der Waals surface area contributed by atoms with Gasteiger partial charge in [0.05, 0.1) is 19.1 Å². The molecular formula is C18H25ClN5+. The molecule has 1 atom stereocenters. The van der Waals surface area contributed by atoms with Crippen LogP contribution in [-0.4, -0.2) is 33.3 Å². The number of quaternary nitrogens is 1. The summed E-state index contributed by atoms with van der Waals surface area (Å²) in [5, 5.41) is 13.7. The molecule has 24 heavy (non-hydrogen) atoms. The second-order valence-corrected chi connectivity index (χ2v) is 7.56. The smallest absolute Gasteiger partial charge is 0.214 e. The van der Waals surface area contributed by atoms with Crippen molar-refractivity contribution in [2.45, 2.75) is 57.0 Å². The van der Waals surface area contributed by atoms with Crippen molar-refractivity contribution in [2.24, 2.45) is 0 Å². The zero-order valence-electron chi connectivity index (χ0n) is 14.0. The summed E-state index contributed by atoms with van der Waals surface area (Å²) in [7, 11) is 0. The number of likely N-dealkylation sites (tertiary alicyclic amines) is 1. The molecule has 5 nitrogen and oxygen atoms in total. The molecule has 2 heterocycles. The summed E-state index contributed by atoms with van der Waals surface area (Å²) in [6.45, 7) is 2.37. The van der Waals surface area contributed by atoms with Crippen LogP contribution in [0.15, 0.2) is 24.3 Å². The van der Waals surface area contributed by atoms with Crippen molar-refractivity contribution in [3.63, 3.8) is 0 Å². The average Bonchev–Trinajstić information content (AvgIpc) is 3.30. The molecule has 2 aromatic rings. The predicted molar refractivity (Wildman–Crippen MR) is 93.2 cm³/mol. The van der Waals surface area contributed by atoms with E-state index < -0.39 is 0 Å². The van der Waals surface area contributed by atoms with E-state index in [1.54, 1.807) is 4.90 Å². The van der Waals surface area contributed by atoms with Crippen LogP contribution < -0.4 is 4.90 Å². The Hall–Kier alpha value is -1.46. The first kappa shape index (κ1) is 16.0. The first-order valence-corrected chi connectivity index (χ1v) is 9.58. The summed E-state index contributed by atoms with van der Waals surface area (Å²) in [6.07, 6.45) is 8.86. The van der Waals surface area contributed by atoms with Crippen molar-refractivity contribution in [3.05, 3.63) is 40.7 Å². The summed E-state index contributed by atoms with van der Waals surface area (Å²) >= 11 is 6.10. The predicted octanol–water partition coefficient (Wildman–Crippen LogP) is 2.60. The lowest BCUT2D eigenvalue weighted by Gasteiger charge is -2.27. The van der Waals surface area contributed by atoms with Gasteiger partial charge in [0.25, 0.3) is 0 Å². The first-order valence-electron chi connectivity index (χ1n) is 9.21.